The van der Waals surface area contributed by atoms with Crippen LogP contribution in [0.4, 0.5) is 11.5 Å². The van der Waals surface area contributed by atoms with E-state index in [0.717, 1.165) is 14.5 Å². The van der Waals surface area contributed by atoms with Gasteiger partial charge in [-0.15, -0.1) is 0 Å². The number of nitrogens with zero attached hydrogens (tertiary/aromatic N) is 2. The molecule has 0 bridgehead atoms. The summed E-state index contributed by atoms with van der Waals surface area (Å²) >= 11 is 6.86. The number of rotatable bonds is 3. The quantitative estimate of drug-likeness (QED) is 0.850. The third-order valence-electron chi connectivity index (χ3n) is 2.42. The highest BCUT2D eigenvalue weighted by Crippen LogP contribution is 2.32. The smallest absolute Gasteiger partial charge is 0.246 e. The number of aromatic nitrogens is 2. The first kappa shape index (κ1) is 14.1. The summed E-state index contributed by atoms with van der Waals surface area (Å²) in [6, 6.07) is 5.52. The van der Waals surface area contributed by atoms with Gasteiger partial charge in [0.2, 0.25) is 5.91 Å². The maximum atomic E-state index is 11.9. The van der Waals surface area contributed by atoms with Gasteiger partial charge in [0.1, 0.15) is 12.4 Å². The molecule has 7 heteroatoms. The lowest BCUT2D eigenvalue weighted by Gasteiger charge is -2.10. The lowest BCUT2D eigenvalue weighted by Crippen LogP contribution is -2.19. The Bertz CT molecular complexity index is 601. The molecule has 0 saturated heterocycles. The summed E-state index contributed by atoms with van der Waals surface area (Å²) < 4.78 is 3.14. The number of aryl methyl sites for hydroxylation is 1. The van der Waals surface area contributed by atoms with Crippen molar-refractivity contribution in [1.82, 2.24) is 9.78 Å². The molecule has 0 radical (unpaired) electrons. The number of hydrogen-bond acceptors (Lipinski definition) is 3. The molecule has 1 aromatic carbocycles. The summed E-state index contributed by atoms with van der Waals surface area (Å²) in [5, 5.41) is 6.79. The number of carbonyl (C=O) groups is 1. The summed E-state index contributed by atoms with van der Waals surface area (Å²) in [6.07, 6.45) is 1.66. The van der Waals surface area contributed by atoms with Gasteiger partial charge in [-0.1, -0.05) is 0 Å². The molecule has 0 spiro atoms. The Hall–Kier alpha value is -1.34. The molecule has 0 saturated carbocycles. The van der Waals surface area contributed by atoms with Crippen LogP contribution in [0.2, 0.25) is 0 Å². The summed E-state index contributed by atoms with van der Waals surface area (Å²) in [7, 11) is 0. The fourth-order valence-corrected chi connectivity index (χ4v) is 3.22. The number of nitrogens with one attached hydrogen (secondary N) is 1. The minimum absolute atomic E-state index is 0.115. The van der Waals surface area contributed by atoms with Crippen LogP contribution in [0.3, 0.4) is 0 Å². The molecule has 19 heavy (non-hydrogen) atoms. The zero-order valence-corrected chi connectivity index (χ0v) is 13.3. The van der Waals surface area contributed by atoms with Crippen LogP contribution in [0.15, 0.2) is 33.3 Å². The number of nitrogens with two attached hydrogens (primary N) is 1. The van der Waals surface area contributed by atoms with Crippen LogP contribution in [-0.2, 0) is 11.3 Å². The van der Waals surface area contributed by atoms with Crippen LogP contribution in [0.25, 0.3) is 0 Å². The van der Waals surface area contributed by atoms with E-state index in [-0.39, 0.29) is 12.5 Å². The predicted octanol–water partition coefficient (Wildman–Crippen LogP) is 2.94. The molecule has 1 amide bonds. The molecule has 0 unspecified atom stereocenters. The molecule has 0 atom stereocenters. The van der Waals surface area contributed by atoms with Gasteiger partial charge in [0, 0.05) is 15.1 Å². The highest BCUT2D eigenvalue weighted by Gasteiger charge is 2.11. The molecule has 2 aromatic rings. The lowest BCUT2D eigenvalue weighted by molar-refractivity contribution is -0.116. The molecular weight excluding hydrogens is 376 g/mol. The zero-order chi connectivity index (χ0) is 14.0. The van der Waals surface area contributed by atoms with Crippen LogP contribution >= 0.6 is 31.9 Å². The van der Waals surface area contributed by atoms with E-state index in [9.17, 15) is 4.79 Å². The van der Waals surface area contributed by atoms with Crippen molar-refractivity contribution in [2.24, 2.45) is 0 Å². The third kappa shape index (κ3) is 3.57. The van der Waals surface area contributed by atoms with Gasteiger partial charge in [0.15, 0.2) is 0 Å². The van der Waals surface area contributed by atoms with Crippen molar-refractivity contribution in [2.75, 3.05) is 11.1 Å². The van der Waals surface area contributed by atoms with Gasteiger partial charge in [-0.3, -0.25) is 9.48 Å². The van der Waals surface area contributed by atoms with E-state index >= 15 is 0 Å². The van der Waals surface area contributed by atoms with Gasteiger partial charge in [0.05, 0.1) is 5.69 Å². The number of carbonyl (C=O) groups excluding carboxylic acids is 1. The monoisotopic (exact) mass is 386 g/mol. The van der Waals surface area contributed by atoms with Crippen molar-refractivity contribution in [3.8, 4) is 0 Å². The van der Waals surface area contributed by atoms with E-state index in [4.69, 9.17) is 5.73 Å². The average molecular weight is 388 g/mol. The molecular formula is C12H12Br2N4O. The second kappa shape index (κ2) is 5.75. The maximum Gasteiger partial charge on any atom is 0.246 e. The Morgan fingerprint density at radius 1 is 1.42 bits per heavy atom. The number of nitrogen functional groups attached to an aromatic ring is 1. The summed E-state index contributed by atoms with van der Waals surface area (Å²) in [5.41, 5.74) is 7.29. The van der Waals surface area contributed by atoms with Crippen LogP contribution in [0, 0.1) is 6.92 Å². The van der Waals surface area contributed by atoms with E-state index in [1.807, 2.05) is 19.1 Å². The predicted molar refractivity (Wildman–Crippen MR) is 81.8 cm³/mol. The molecule has 1 heterocycles. The van der Waals surface area contributed by atoms with Gasteiger partial charge in [-0.2, -0.15) is 5.10 Å². The minimum atomic E-state index is -0.173. The zero-order valence-electron chi connectivity index (χ0n) is 10.2. The SMILES string of the molecule is Cc1cc(Br)c(NC(=O)Cn2ccc(N)n2)c(Br)c1. The van der Waals surface area contributed by atoms with Gasteiger partial charge in [-0.05, 0) is 62.5 Å². The Morgan fingerprint density at radius 3 is 2.58 bits per heavy atom. The highest BCUT2D eigenvalue weighted by molar-refractivity contribution is 9.11. The Labute approximate surface area is 127 Å². The van der Waals surface area contributed by atoms with Crippen LogP contribution in [0.5, 0.6) is 0 Å². The molecule has 3 N–H and O–H groups in total. The number of benzene rings is 1. The topological polar surface area (TPSA) is 72.9 Å². The van der Waals surface area contributed by atoms with Crippen molar-refractivity contribution in [2.45, 2.75) is 13.5 Å². The number of halogens is 2. The lowest BCUT2D eigenvalue weighted by atomic mass is 10.2. The van der Waals surface area contributed by atoms with Crippen molar-refractivity contribution >= 4 is 49.3 Å². The van der Waals surface area contributed by atoms with E-state index in [1.165, 1.54) is 4.68 Å². The number of hydrogen-bond donors (Lipinski definition) is 2. The summed E-state index contributed by atoms with van der Waals surface area (Å²) in [4.78, 5) is 11.9. The standard InChI is InChI=1S/C12H12Br2N4O/c1-7-4-8(13)12(9(14)5-7)16-11(19)6-18-3-2-10(15)17-18/h2-5H,6H2,1H3,(H2,15,17)(H,16,19). The normalized spacial score (nSPS) is 10.5. The third-order valence-corrected chi connectivity index (χ3v) is 3.67. The average Bonchev–Trinajstić information content (AvgIpc) is 2.69. The first-order chi connectivity index (χ1) is 8.95. The minimum Gasteiger partial charge on any atom is -0.382 e. The van der Waals surface area contributed by atoms with Crippen molar-refractivity contribution in [3.63, 3.8) is 0 Å². The van der Waals surface area contributed by atoms with Gasteiger partial charge in [-0.25, -0.2) is 0 Å². The largest absolute Gasteiger partial charge is 0.382 e. The fourth-order valence-electron chi connectivity index (χ4n) is 1.61. The summed E-state index contributed by atoms with van der Waals surface area (Å²) in [5.74, 6) is 0.221. The number of anilines is 2. The molecule has 0 aliphatic carbocycles. The Morgan fingerprint density at radius 2 is 2.05 bits per heavy atom. The Kier molecular flexibility index (Phi) is 4.26. The molecule has 2 rings (SSSR count). The first-order valence-electron chi connectivity index (χ1n) is 5.50. The second-order valence-corrected chi connectivity index (χ2v) is 5.80. The fraction of sp³-hybridized carbons (Fsp3) is 0.167. The maximum absolute atomic E-state index is 11.9. The molecule has 0 fully saturated rings. The molecule has 0 aliphatic rings. The van der Waals surface area contributed by atoms with Gasteiger partial charge >= 0.3 is 0 Å². The molecule has 1 aromatic heterocycles. The highest BCUT2D eigenvalue weighted by atomic mass is 79.9. The van der Waals surface area contributed by atoms with Crippen LogP contribution in [-0.4, -0.2) is 15.7 Å². The van der Waals surface area contributed by atoms with E-state index in [1.54, 1.807) is 12.3 Å². The van der Waals surface area contributed by atoms with E-state index in [0.29, 0.717) is 11.5 Å². The molecule has 5 nitrogen and oxygen atoms in total. The van der Waals surface area contributed by atoms with Crippen molar-refractivity contribution in [3.05, 3.63) is 38.9 Å². The van der Waals surface area contributed by atoms with Crippen molar-refractivity contribution in [1.29, 1.82) is 0 Å². The molecule has 0 aliphatic heterocycles. The summed E-state index contributed by atoms with van der Waals surface area (Å²) in [6.45, 7) is 2.09. The first-order valence-corrected chi connectivity index (χ1v) is 7.09. The van der Waals surface area contributed by atoms with Gasteiger partial charge in [0.25, 0.3) is 0 Å². The van der Waals surface area contributed by atoms with Crippen molar-refractivity contribution < 1.29 is 4.79 Å². The second-order valence-electron chi connectivity index (χ2n) is 4.09. The van der Waals surface area contributed by atoms with Crippen LogP contribution in [0.1, 0.15) is 5.56 Å². The molecule has 100 valence electrons. The Balaban J connectivity index is 2.11. The van der Waals surface area contributed by atoms with Crippen LogP contribution < -0.4 is 11.1 Å². The van der Waals surface area contributed by atoms with E-state index < -0.39 is 0 Å². The van der Waals surface area contributed by atoms with Gasteiger partial charge < -0.3 is 11.1 Å². The van der Waals surface area contributed by atoms with E-state index in [2.05, 4.69) is 42.3 Å². The number of amides is 1.